The van der Waals surface area contributed by atoms with Crippen molar-refractivity contribution in [1.29, 1.82) is 5.26 Å². The van der Waals surface area contributed by atoms with Crippen LogP contribution in [0.2, 0.25) is 0 Å². The lowest BCUT2D eigenvalue weighted by Crippen LogP contribution is -2.51. The summed E-state index contributed by atoms with van der Waals surface area (Å²) in [6, 6.07) is 10.4. The number of hydrogen-bond donors (Lipinski definition) is 2. The molecule has 7 heteroatoms. The van der Waals surface area contributed by atoms with E-state index >= 15 is 0 Å². The minimum atomic E-state index is -1.05. The Labute approximate surface area is 166 Å². The van der Waals surface area contributed by atoms with E-state index < -0.39 is 30.1 Å². The highest BCUT2D eigenvalue weighted by atomic mass is 16.5. The van der Waals surface area contributed by atoms with Crippen LogP contribution in [0.1, 0.15) is 40.2 Å². The zero-order valence-corrected chi connectivity index (χ0v) is 17.1. The molecule has 0 bridgehead atoms. The molecule has 1 rings (SSSR count). The number of rotatable bonds is 9. The second-order valence-electron chi connectivity index (χ2n) is 7.58. The third-order valence-electron chi connectivity index (χ3n) is 4.58. The van der Waals surface area contributed by atoms with Gasteiger partial charge in [-0.15, -0.1) is 0 Å². The Morgan fingerprint density at radius 3 is 2.21 bits per heavy atom. The Balaban J connectivity index is 2.62. The fourth-order valence-corrected chi connectivity index (χ4v) is 2.36. The van der Waals surface area contributed by atoms with Gasteiger partial charge in [-0.1, -0.05) is 58.0 Å². The second-order valence-corrected chi connectivity index (χ2v) is 7.58. The van der Waals surface area contributed by atoms with Gasteiger partial charge in [0.15, 0.2) is 6.61 Å². The number of nitrogens with zero attached hydrogens (tertiary/aromatic N) is 1. The van der Waals surface area contributed by atoms with Crippen molar-refractivity contribution in [2.75, 3.05) is 6.61 Å². The Kier molecular flexibility index (Phi) is 8.65. The summed E-state index contributed by atoms with van der Waals surface area (Å²) < 4.78 is 5.07. The second kappa shape index (κ2) is 10.5. The molecule has 152 valence electrons. The average molecular weight is 387 g/mol. The van der Waals surface area contributed by atoms with E-state index in [1.807, 2.05) is 44.2 Å². The van der Waals surface area contributed by atoms with Crippen molar-refractivity contribution in [2.45, 2.75) is 52.6 Å². The molecule has 7 nitrogen and oxygen atoms in total. The standard InChI is InChI=1S/C21H29N3O4/c1-14(2)19(23-17(25)11-16-9-7-6-8-10-16)20(27)28-12-18(26)24-21(5,13-22)15(3)4/h6-10,14-15,19H,11-12H2,1-5H3,(H,23,25)(H,24,26)/t19-,21+/m1/s1. The normalized spacial score (nSPS) is 13.9. The van der Waals surface area contributed by atoms with Gasteiger partial charge in [0.2, 0.25) is 5.91 Å². The maximum absolute atomic E-state index is 12.4. The summed E-state index contributed by atoms with van der Waals surface area (Å²) in [5.74, 6) is -1.88. The highest BCUT2D eigenvalue weighted by Gasteiger charge is 2.31. The monoisotopic (exact) mass is 387 g/mol. The predicted octanol–water partition coefficient (Wildman–Crippen LogP) is 1.97. The van der Waals surface area contributed by atoms with E-state index in [-0.39, 0.29) is 24.2 Å². The lowest BCUT2D eigenvalue weighted by Gasteiger charge is -2.27. The largest absolute Gasteiger partial charge is 0.454 e. The van der Waals surface area contributed by atoms with E-state index in [1.165, 1.54) is 0 Å². The lowest BCUT2D eigenvalue weighted by molar-refractivity contribution is -0.153. The first-order valence-electron chi connectivity index (χ1n) is 9.31. The molecule has 1 aromatic carbocycles. The molecule has 0 heterocycles. The van der Waals surface area contributed by atoms with Crippen molar-refractivity contribution < 1.29 is 19.1 Å². The van der Waals surface area contributed by atoms with Crippen LogP contribution in [0.15, 0.2) is 30.3 Å². The summed E-state index contributed by atoms with van der Waals surface area (Å²) in [4.78, 5) is 36.7. The number of nitriles is 1. The van der Waals surface area contributed by atoms with E-state index in [0.29, 0.717) is 0 Å². The fraction of sp³-hybridized carbons (Fsp3) is 0.524. The van der Waals surface area contributed by atoms with Gasteiger partial charge in [-0.05, 0) is 24.3 Å². The van der Waals surface area contributed by atoms with Gasteiger partial charge in [-0.3, -0.25) is 9.59 Å². The van der Waals surface area contributed by atoms with Gasteiger partial charge >= 0.3 is 5.97 Å². The first-order chi connectivity index (χ1) is 13.1. The van der Waals surface area contributed by atoms with Gasteiger partial charge in [0.25, 0.3) is 5.91 Å². The third kappa shape index (κ3) is 7.03. The number of benzene rings is 1. The van der Waals surface area contributed by atoms with E-state index in [4.69, 9.17) is 4.74 Å². The molecule has 0 aromatic heterocycles. The van der Waals surface area contributed by atoms with Crippen LogP contribution >= 0.6 is 0 Å². The quantitative estimate of drug-likeness (QED) is 0.630. The molecule has 0 unspecified atom stereocenters. The maximum atomic E-state index is 12.4. The summed E-state index contributed by atoms with van der Waals surface area (Å²) in [6.45, 7) is 8.28. The van der Waals surface area contributed by atoms with Crippen molar-refractivity contribution in [3.05, 3.63) is 35.9 Å². The molecular formula is C21H29N3O4. The van der Waals surface area contributed by atoms with Crippen LogP contribution in [0.3, 0.4) is 0 Å². The maximum Gasteiger partial charge on any atom is 0.329 e. The van der Waals surface area contributed by atoms with Gasteiger partial charge in [-0.2, -0.15) is 5.26 Å². The Hall–Kier alpha value is -2.88. The molecule has 0 saturated carbocycles. The van der Waals surface area contributed by atoms with Crippen LogP contribution in [0, 0.1) is 23.2 Å². The first-order valence-corrected chi connectivity index (χ1v) is 9.31. The van der Waals surface area contributed by atoms with Gasteiger partial charge < -0.3 is 15.4 Å². The van der Waals surface area contributed by atoms with Gasteiger partial charge in [0, 0.05) is 0 Å². The van der Waals surface area contributed by atoms with E-state index in [2.05, 4.69) is 16.7 Å². The summed E-state index contributed by atoms with van der Waals surface area (Å²) in [5.41, 5.74) is -0.218. The third-order valence-corrected chi connectivity index (χ3v) is 4.58. The van der Waals surface area contributed by atoms with Crippen LogP contribution in [-0.4, -0.2) is 36.0 Å². The zero-order valence-electron chi connectivity index (χ0n) is 17.1. The summed E-state index contributed by atoms with van der Waals surface area (Å²) in [7, 11) is 0. The highest BCUT2D eigenvalue weighted by molar-refractivity contribution is 5.87. The molecule has 0 spiro atoms. The molecule has 0 aliphatic carbocycles. The smallest absolute Gasteiger partial charge is 0.329 e. The SMILES string of the molecule is CC(C)[C@@H](NC(=O)Cc1ccccc1)C(=O)OCC(=O)N[C@@](C)(C#N)C(C)C. The topological polar surface area (TPSA) is 108 Å². The van der Waals surface area contributed by atoms with Crippen molar-refractivity contribution in [2.24, 2.45) is 11.8 Å². The summed E-state index contributed by atoms with van der Waals surface area (Å²) >= 11 is 0. The van der Waals surface area contributed by atoms with E-state index in [9.17, 15) is 19.6 Å². The first kappa shape index (κ1) is 23.2. The highest BCUT2D eigenvalue weighted by Crippen LogP contribution is 2.15. The summed E-state index contributed by atoms with van der Waals surface area (Å²) in [5, 5.41) is 14.5. The minimum Gasteiger partial charge on any atom is -0.454 e. The van der Waals surface area contributed by atoms with Crippen molar-refractivity contribution in [3.8, 4) is 6.07 Å². The number of carbonyl (C=O) groups is 3. The molecule has 0 aliphatic rings. The molecule has 0 fully saturated rings. The molecule has 1 aromatic rings. The van der Waals surface area contributed by atoms with Crippen LogP contribution in [-0.2, 0) is 25.5 Å². The molecule has 2 atom stereocenters. The van der Waals surface area contributed by atoms with Crippen molar-refractivity contribution >= 4 is 17.8 Å². The zero-order chi connectivity index (χ0) is 21.3. The number of carbonyl (C=O) groups excluding carboxylic acids is 3. The van der Waals surface area contributed by atoms with Crippen LogP contribution in [0.5, 0.6) is 0 Å². The molecule has 2 amide bonds. The van der Waals surface area contributed by atoms with Gasteiger partial charge in [-0.25, -0.2) is 4.79 Å². The average Bonchev–Trinajstić information content (AvgIpc) is 2.64. The number of ether oxygens (including phenoxy) is 1. The number of amides is 2. The van der Waals surface area contributed by atoms with E-state index in [1.54, 1.807) is 20.8 Å². The summed E-state index contributed by atoms with van der Waals surface area (Å²) in [6.07, 6.45) is 0.146. The molecule has 2 N–H and O–H groups in total. The predicted molar refractivity (Wildman–Crippen MR) is 105 cm³/mol. The molecule has 0 aliphatic heterocycles. The van der Waals surface area contributed by atoms with Crippen LogP contribution in [0.4, 0.5) is 0 Å². The minimum absolute atomic E-state index is 0.113. The van der Waals surface area contributed by atoms with Gasteiger partial charge in [0.1, 0.15) is 11.6 Å². The van der Waals surface area contributed by atoms with Crippen molar-refractivity contribution in [1.82, 2.24) is 10.6 Å². The Morgan fingerprint density at radius 2 is 1.71 bits per heavy atom. The van der Waals surface area contributed by atoms with Crippen LogP contribution in [0.25, 0.3) is 0 Å². The number of hydrogen-bond acceptors (Lipinski definition) is 5. The van der Waals surface area contributed by atoms with Crippen LogP contribution < -0.4 is 10.6 Å². The number of nitrogens with one attached hydrogen (secondary N) is 2. The van der Waals surface area contributed by atoms with Gasteiger partial charge in [0.05, 0.1) is 12.5 Å². The number of esters is 1. The molecular weight excluding hydrogens is 358 g/mol. The Morgan fingerprint density at radius 1 is 1.11 bits per heavy atom. The fourth-order valence-electron chi connectivity index (χ4n) is 2.36. The lowest BCUT2D eigenvalue weighted by atomic mass is 9.90. The molecule has 0 radical (unpaired) electrons. The molecule has 0 saturated heterocycles. The van der Waals surface area contributed by atoms with Crippen molar-refractivity contribution in [3.63, 3.8) is 0 Å². The molecule has 28 heavy (non-hydrogen) atoms. The Bertz CT molecular complexity index is 725. The van der Waals surface area contributed by atoms with E-state index in [0.717, 1.165) is 5.56 Å².